The largest absolute Gasteiger partial charge is 0.872 e. The standard InChI is InChI=1S/C10H8O4S.Ni.H2/c11-8-5-1-3-7-4-2-6-9(10(7)8)15(12,13)14;;/h1-6,11H,(H,12,13,14);;1H/p-1. The minimum atomic E-state index is -4.35. The SMILES string of the molecule is O=S(=O)(O)c1cccc2cccc([O-])c12.[HH].[Ni]. The Bertz CT molecular complexity index is 622. The van der Waals surface area contributed by atoms with Crippen molar-refractivity contribution < 1.29 is 36.0 Å². The van der Waals surface area contributed by atoms with Gasteiger partial charge in [0.15, 0.2) is 0 Å². The molecule has 0 unspecified atom stereocenters. The number of fused-ring (bicyclic) bond motifs is 1. The van der Waals surface area contributed by atoms with Gasteiger partial charge in [-0.2, -0.15) is 8.42 Å². The zero-order valence-corrected chi connectivity index (χ0v) is 9.66. The molecule has 0 saturated heterocycles. The summed E-state index contributed by atoms with van der Waals surface area (Å²) in [6.07, 6.45) is 0. The third-order valence-electron chi connectivity index (χ3n) is 2.11. The van der Waals surface area contributed by atoms with Crippen molar-refractivity contribution in [3.05, 3.63) is 36.4 Å². The van der Waals surface area contributed by atoms with Gasteiger partial charge in [0.1, 0.15) is 4.90 Å². The molecule has 2 rings (SSSR count). The van der Waals surface area contributed by atoms with Crippen LogP contribution in [0.25, 0.3) is 10.8 Å². The molecule has 0 aliphatic heterocycles. The molecule has 0 saturated carbocycles. The molecule has 0 fully saturated rings. The van der Waals surface area contributed by atoms with E-state index in [9.17, 15) is 13.5 Å². The van der Waals surface area contributed by atoms with E-state index < -0.39 is 15.9 Å². The van der Waals surface area contributed by atoms with Crippen LogP contribution < -0.4 is 5.11 Å². The van der Waals surface area contributed by atoms with Crippen LogP contribution in [0.5, 0.6) is 5.75 Å². The fourth-order valence-corrected chi connectivity index (χ4v) is 2.22. The Kier molecular flexibility index (Phi) is 3.58. The molecule has 2 aromatic rings. The Balaban J connectivity index is 0.00000128. The third-order valence-corrected chi connectivity index (χ3v) is 3.00. The summed E-state index contributed by atoms with van der Waals surface area (Å²) in [5.74, 6) is -0.416. The van der Waals surface area contributed by atoms with Crippen molar-refractivity contribution in [1.29, 1.82) is 0 Å². The van der Waals surface area contributed by atoms with Gasteiger partial charge in [0.05, 0.1) is 0 Å². The summed E-state index contributed by atoms with van der Waals surface area (Å²) in [6, 6.07) is 8.72. The number of benzene rings is 2. The molecule has 0 heterocycles. The van der Waals surface area contributed by atoms with E-state index in [2.05, 4.69) is 0 Å². The topological polar surface area (TPSA) is 77.4 Å². The predicted molar refractivity (Wildman–Crippen MR) is 55.3 cm³/mol. The molecular formula is C10H9NiO4S-. The van der Waals surface area contributed by atoms with Gasteiger partial charge in [0, 0.05) is 17.9 Å². The molecule has 0 aliphatic carbocycles. The molecule has 0 aromatic heterocycles. The van der Waals surface area contributed by atoms with Gasteiger partial charge in [-0.05, 0) is 16.8 Å². The second-order valence-corrected chi connectivity index (χ2v) is 4.48. The quantitative estimate of drug-likeness (QED) is 0.634. The fourth-order valence-electron chi connectivity index (χ4n) is 1.49. The van der Waals surface area contributed by atoms with Crippen LogP contribution >= 0.6 is 0 Å². The number of hydrogen-bond acceptors (Lipinski definition) is 3. The van der Waals surface area contributed by atoms with Gasteiger partial charge in [-0.25, -0.2) is 0 Å². The number of rotatable bonds is 1. The van der Waals surface area contributed by atoms with E-state index in [0.29, 0.717) is 5.39 Å². The van der Waals surface area contributed by atoms with Crippen molar-refractivity contribution >= 4 is 20.9 Å². The van der Waals surface area contributed by atoms with Crippen LogP contribution in [0.2, 0.25) is 0 Å². The normalized spacial score (nSPS) is 11.1. The van der Waals surface area contributed by atoms with Gasteiger partial charge in [-0.3, -0.25) is 4.55 Å². The van der Waals surface area contributed by atoms with Crippen molar-refractivity contribution in [3.63, 3.8) is 0 Å². The van der Waals surface area contributed by atoms with E-state index in [1.807, 2.05) is 0 Å². The molecule has 0 atom stereocenters. The first kappa shape index (κ1) is 13.0. The molecule has 2 aromatic carbocycles. The molecule has 0 radical (unpaired) electrons. The Hall–Kier alpha value is -1.10. The zero-order valence-electron chi connectivity index (χ0n) is 7.86. The first-order valence-electron chi connectivity index (χ1n) is 4.16. The molecule has 0 spiro atoms. The third kappa shape index (κ3) is 2.19. The van der Waals surface area contributed by atoms with Gasteiger partial charge < -0.3 is 5.11 Å². The van der Waals surface area contributed by atoms with E-state index in [4.69, 9.17) is 4.55 Å². The molecule has 16 heavy (non-hydrogen) atoms. The zero-order chi connectivity index (χ0) is 11.1. The molecule has 0 aliphatic rings. The Labute approximate surface area is 104 Å². The van der Waals surface area contributed by atoms with Crippen LogP contribution in [0, 0.1) is 0 Å². The first-order chi connectivity index (χ1) is 7.00. The summed E-state index contributed by atoms with van der Waals surface area (Å²) in [5, 5.41) is 12.0. The van der Waals surface area contributed by atoms with Crippen molar-refractivity contribution in [3.8, 4) is 5.75 Å². The molecule has 90 valence electrons. The van der Waals surface area contributed by atoms with Crippen LogP contribution in [-0.4, -0.2) is 13.0 Å². The maximum atomic E-state index is 11.5. The van der Waals surface area contributed by atoms with E-state index in [-0.39, 0.29) is 28.2 Å². The molecule has 6 heteroatoms. The van der Waals surface area contributed by atoms with E-state index in [1.165, 1.54) is 18.2 Å². The second-order valence-electron chi connectivity index (χ2n) is 3.09. The summed E-state index contributed by atoms with van der Waals surface area (Å²) in [5.41, 5.74) is 0. The summed E-state index contributed by atoms with van der Waals surface area (Å²) in [7, 11) is -4.35. The van der Waals surface area contributed by atoms with Crippen LogP contribution in [0.4, 0.5) is 0 Å². The predicted octanol–water partition coefficient (Wildman–Crippen LogP) is 1.40. The van der Waals surface area contributed by atoms with Crippen molar-refractivity contribution in [2.24, 2.45) is 0 Å². The van der Waals surface area contributed by atoms with Crippen molar-refractivity contribution in [2.45, 2.75) is 4.90 Å². The maximum absolute atomic E-state index is 11.5. The molecule has 0 amide bonds. The maximum Gasteiger partial charge on any atom is 0.295 e. The smallest absolute Gasteiger partial charge is 0.295 e. The van der Waals surface area contributed by atoms with Crippen LogP contribution in [0.15, 0.2) is 41.3 Å². The average molecular weight is 284 g/mol. The second kappa shape index (κ2) is 4.41. The number of hydrogen-bond donors (Lipinski definition) is 1. The minimum absolute atomic E-state index is 0. The summed E-state index contributed by atoms with van der Waals surface area (Å²) < 4.78 is 31.0. The Morgan fingerprint density at radius 3 is 2.25 bits per heavy atom. The Morgan fingerprint density at radius 2 is 1.69 bits per heavy atom. The van der Waals surface area contributed by atoms with Gasteiger partial charge in [0.25, 0.3) is 10.1 Å². The van der Waals surface area contributed by atoms with Gasteiger partial charge >= 0.3 is 0 Å². The molecular weight excluding hydrogens is 275 g/mol. The molecule has 0 bridgehead atoms. The van der Waals surface area contributed by atoms with Gasteiger partial charge in [-0.15, -0.1) is 0 Å². The monoisotopic (exact) mass is 283 g/mol. The van der Waals surface area contributed by atoms with Crippen LogP contribution in [0.1, 0.15) is 1.43 Å². The van der Waals surface area contributed by atoms with Crippen LogP contribution in [0.3, 0.4) is 0 Å². The Morgan fingerprint density at radius 1 is 1.12 bits per heavy atom. The first-order valence-corrected chi connectivity index (χ1v) is 5.60. The van der Waals surface area contributed by atoms with E-state index >= 15 is 0 Å². The summed E-state index contributed by atoms with van der Waals surface area (Å²) >= 11 is 0. The van der Waals surface area contributed by atoms with E-state index in [0.717, 1.165) is 0 Å². The van der Waals surface area contributed by atoms with Crippen LogP contribution in [-0.2, 0) is 26.6 Å². The molecule has 1 N–H and O–H groups in total. The average Bonchev–Trinajstić information content (AvgIpc) is 2.16. The summed E-state index contributed by atoms with van der Waals surface area (Å²) in [4.78, 5) is -0.342. The summed E-state index contributed by atoms with van der Waals surface area (Å²) in [6.45, 7) is 0. The fraction of sp³-hybridized carbons (Fsp3) is 0. The van der Waals surface area contributed by atoms with Crippen molar-refractivity contribution in [2.75, 3.05) is 0 Å². The van der Waals surface area contributed by atoms with Crippen molar-refractivity contribution in [1.82, 2.24) is 0 Å². The van der Waals surface area contributed by atoms with E-state index in [1.54, 1.807) is 18.2 Å². The van der Waals surface area contributed by atoms with Gasteiger partial charge in [-0.1, -0.05) is 36.1 Å². The molecule has 4 nitrogen and oxygen atoms in total. The van der Waals surface area contributed by atoms with Gasteiger partial charge in [0.2, 0.25) is 0 Å². The minimum Gasteiger partial charge on any atom is -0.872 e.